The van der Waals surface area contributed by atoms with Crippen molar-refractivity contribution >= 4 is 11.9 Å². The maximum absolute atomic E-state index is 12.3. The molecule has 156 valence electrons. The lowest BCUT2D eigenvalue weighted by Crippen LogP contribution is -2.42. The van der Waals surface area contributed by atoms with Crippen molar-refractivity contribution in [3.63, 3.8) is 0 Å². The summed E-state index contributed by atoms with van der Waals surface area (Å²) >= 11 is 0. The number of nitrogens with one attached hydrogen (secondary N) is 1. The van der Waals surface area contributed by atoms with Gasteiger partial charge in [-0.1, -0.05) is 33.1 Å². The molecule has 1 saturated carbocycles. The Morgan fingerprint density at radius 1 is 1.11 bits per heavy atom. The lowest BCUT2D eigenvalue weighted by Gasteiger charge is -2.29. The van der Waals surface area contributed by atoms with Gasteiger partial charge in [-0.2, -0.15) is 0 Å². The lowest BCUT2D eigenvalue weighted by atomic mass is 9.86. The summed E-state index contributed by atoms with van der Waals surface area (Å²) in [6, 6.07) is 5.12. The van der Waals surface area contributed by atoms with Crippen LogP contribution in [0.4, 0.5) is 0 Å². The van der Waals surface area contributed by atoms with Crippen LogP contribution in [0.5, 0.6) is 11.5 Å². The van der Waals surface area contributed by atoms with Gasteiger partial charge >= 0.3 is 5.97 Å². The number of hydrogen-bond acceptors (Lipinski definition) is 5. The number of carbonyl (C=O) groups is 2. The van der Waals surface area contributed by atoms with E-state index in [1.807, 2.05) is 6.92 Å². The highest BCUT2D eigenvalue weighted by molar-refractivity contribution is 5.92. The van der Waals surface area contributed by atoms with Crippen LogP contribution >= 0.6 is 0 Å². The van der Waals surface area contributed by atoms with Crippen molar-refractivity contribution in [1.29, 1.82) is 0 Å². The molecule has 1 aliphatic carbocycles. The molecular formula is C22H33NO5. The molecule has 1 aliphatic rings. The van der Waals surface area contributed by atoms with Crippen LogP contribution in [0.1, 0.15) is 69.7 Å². The molecule has 0 saturated heterocycles. The first-order valence-electron chi connectivity index (χ1n) is 10.4. The Morgan fingerprint density at radius 3 is 2.61 bits per heavy atom. The average Bonchev–Trinajstić information content (AvgIpc) is 2.69. The molecule has 6 heteroatoms. The molecular weight excluding hydrogens is 358 g/mol. The van der Waals surface area contributed by atoms with Gasteiger partial charge in [0.25, 0.3) is 5.91 Å². The summed E-state index contributed by atoms with van der Waals surface area (Å²) in [6.07, 6.45) is 6.43. The second kappa shape index (κ2) is 11.6. The number of esters is 1. The van der Waals surface area contributed by atoms with Crippen molar-refractivity contribution in [3.8, 4) is 11.5 Å². The van der Waals surface area contributed by atoms with E-state index in [2.05, 4.69) is 19.2 Å². The van der Waals surface area contributed by atoms with Crippen molar-refractivity contribution in [3.05, 3.63) is 23.8 Å². The smallest absolute Gasteiger partial charge is 0.338 e. The Labute approximate surface area is 167 Å². The normalized spacial score (nSPS) is 19.0. The fraction of sp³-hybridized carbons (Fsp3) is 0.636. The molecule has 28 heavy (non-hydrogen) atoms. The Hall–Kier alpha value is -2.24. The zero-order valence-corrected chi connectivity index (χ0v) is 17.3. The van der Waals surface area contributed by atoms with Crippen LogP contribution in [0.15, 0.2) is 18.2 Å². The van der Waals surface area contributed by atoms with Gasteiger partial charge in [0.2, 0.25) is 0 Å². The van der Waals surface area contributed by atoms with Crippen LogP contribution in [0.25, 0.3) is 0 Å². The van der Waals surface area contributed by atoms with E-state index in [9.17, 15) is 9.59 Å². The third-order valence-corrected chi connectivity index (χ3v) is 5.03. The van der Waals surface area contributed by atoms with Crippen LogP contribution in [-0.4, -0.2) is 37.7 Å². The number of carbonyl (C=O) groups excluding carboxylic acids is 2. The highest BCUT2D eigenvalue weighted by Gasteiger charge is 2.23. The monoisotopic (exact) mass is 391 g/mol. The van der Waals surface area contributed by atoms with E-state index < -0.39 is 5.97 Å². The average molecular weight is 392 g/mol. The SMILES string of the molecule is CCCCOc1ccc(C(=O)OCC(=O)N[C@@H]2CCCC[C@H]2C)cc1OCC. The molecule has 0 spiro atoms. The Balaban J connectivity index is 1.89. The minimum absolute atomic E-state index is 0.170. The van der Waals surface area contributed by atoms with Gasteiger partial charge in [-0.15, -0.1) is 0 Å². The molecule has 2 rings (SSSR count). The predicted octanol–water partition coefficient (Wildman–Crippen LogP) is 4.12. The molecule has 0 heterocycles. The van der Waals surface area contributed by atoms with E-state index in [1.54, 1.807) is 18.2 Å². The molecule has 0 aromatic heterocycles. The highest BCUT2D eigenvalue weighted by Crippen LogP contribution is 2.29. The van der Waals surface area contributed by atoms with Crippen LogP contribution in [0.2, 0.25) is 0 Å². The third-order valence-electron chi connectivity index (χ3n) is 5.03. The summed E-state index contributed by atoms with van der Waals surface area (Å²) < 4.78 is 16.5. The number of benzene rings is 1. The van der Waals surface area contributed by atoms with Crippen LogP contribution in [0.3, 0.4) is 0 Å². The maximum Gasteiger partial charge on any atom is 0.338 e. The molecule has 1 N–H and O–H groups in total. The van der Waals surface area contributed by atoms with Gasteiger partial charge in [0, 0.05) is 6.04 Å². The van der Waals surface area contributed by atoms with Gasteiger partial charge in [-0.3, -0.25) is 4.79 Å². The molecule has 0 unspecified atom stereocenters. The zero-order valence-electron chi connectivity index (χ0n) is 17.3. The minimum atomic E-state index is -0.548. The van der Waals surface area contributed by atoms with Crippen molar-refractivity contribution in [2.24, 2.45) is 5.92 Å². The van der Waals surface area contributed by atoms with Gasteiger partial charge in [0.15, 0.2) is 18.1 Å². The van der Waals surface area contributed by atoms with E-state index in [4.69, 9.17) is 14.2 Å². The Morgan fingerprint density at radius 2 is 1.89 bits per heavy atom. The molecule has 1 aromatic carbocycles. The topological polar surface area (TPSA) is 73.9 Å². The van der Waals surface area contributed by atoms with Gasteiger partial charge in [-0.05, 0) is 50.3 Å². The minimum Gasteiger partial charge on any atom is -0.490 e. The fourth-order valence-electron chi connectivity index (χ4n) is 3.34. The standard InChI is InChI=1S/C22H33NO5/c1-4-6-13-27-19-12-11-17(14-20(19)26-5-2)22(25)28-15-21(24)23-18-10-8-7-9-16(18)3/h11-12,14,16,18H,4-10,13,15H2,1-3H3,(H,23,24)/t16-,18-/m1/s1. The largest absolute Gasteiger partial charge is 0.490 e. The van der Waals surface area contributed by atoms with Gasteiger partial charge in [0.1, 0.15) is 0 Å². The van der Waals surface area contributed by atoms with Gasteiger partial charge < -0.3 is 19.5 Å². The van der Waals surface area contributed by atoms with Crippen LogP contribution in [-0.2, 0) is 9.53 Å². The first-order chi connectivity index (χ1) is 13.5. The quantitative estimate of drug-likeness (QED) is 0.480. The fourth-order valence-corrected chi connectivity index (χ4v) is 3.34. The van der Waals surface area contributed by atoms with Crippen LogP contribution < -0.4 is 14.8 Å². The zero-order chi connectivity index (χ0) is 20.4. The molecule has 1 amide bonds. The molecule has 0 bridgehead atoms. The van der Waals surface area contributed by atoms with E-state index in [1.165, 1.54) is 6.42 Å². The molecule has 1 aromatic rings. The third kappa shape index (κ3) is 6.73. The number of amides is 1. The number of hydrogen-bond donors (Lipinski definition) is 1. The second-order valence-corrected chi connectivity index (χ2v) is 7.31. The Bertz CT molecular complexity index is 646. The summed E-state index contributed by atoms with van der Waals surface area (Å²) in [5.74, 6) is 0.774. The summed E-state index contributed by atoms with van der Waals surface area (Å²) in [5, 5.41) is 2.98. The molecule has 2 atom stereocenters. The first-order valence-corrected chi connectivity index (χ1v) is 10.4. The van der Waals surface area contributed by atoms with Crippen molar-refractivity contribution in [1.82, 2.24) is 5.32 Å². The second-order valence-electron chi connectivity index (χ2n) is 7.31. The number of unbranched alkanes of at least 4 members (excludes halogenated alkanes) is 1. The Kier molecular flexibility index (Phi) is 9.11. The van der Waals surface area contributed by atoms with Gasteiger partial charge in [0.05, 0.1) is 18.8 Å². The number of ether oxygens (including phenoxy) is 3. The maximum atomic E-state index is 12.3. The van der Waals surface area contributed by atoms with E-state index in [0.29, 0.717) is 36.2 Å². The van der Waals surface area contributed by atoms with Crippen molar-refractivity contribution < 1.29 is 23.8 Å². The molecule has 0 radical (unpaired) electrons. The van der Waals surface area contributed by atoms with Crippen LogP contribution in [0, 0.1) is 5.92 Å². The molecule has 6 nitrogen and oxygen atoms in total. The summed E-state index contributed by atoms with van der Waals surface area (Å²) in [5.41, 5.74) is 0.338. The summed E-state index contributed by atoms with van der Waals surface area (Å²) in [6.45, 7) is 6.90. The predicted molar refractivity (Wildman–Crippen MR) is 108 cm³/mol. The number of rotatable bonds is 10. The van der Waals surface area contributed by atoms with Crippen molar-refractivity contribution in [2.45, 2.75) is 65.3 Å². The van der Waals surface area contributed by atoms with E-state index >= 15 is 0 Å². The summed E-state index contributed by atoms with van der Waals surface area (Å²) in [4.78, 5) is 24.5. The van der Waals surface area contributed by atoms with E-state index in [0.717, 1.165) is 32.1 Å². The lowest BCUT2D eigenvalue weighted by molar-refractivity contribution is -0.125. The molecule has 1 fully saturated rings. The molecule has 0 aliphatic heterocycles. The first kappa shape index (κ1) is 22.1. The van der Waals surface area contributed by atoms with Crippen molar-refractivity contribution in [2.75, 3.05) is 19.8 Å². The summed E-state index contributed by atoms with van der Waals surface area (Å²) in [7, 11) is 0. The van der Waals surface area contributed by atoms with Gasteiger partial charge in [-0.25, -0.2) is 4.79 Å². The highest BCUT2D eigenvalue weighted by atomic mass is 16.5. The van der Waals surface area contributed by atoms with E-state index in [-0.39, 0.29) is 18.6 Å².